The third-order valence-electron chi connectivity index (χ3n) is 5.15. The SMILES string of the molecule is Cc1ccc2[nH]c(=O)c(CN(Cc3ccc(F)cc3)S(=O)(=O)c3ccc(F)cc3)cc2c1. The van der Waals surface area contributed by atoms with Crippen molar-refractivity contribution in [2.45, 2.75) is 24.9 Å². The zero-order chi connectivity index (χ0) is 22.9. The van der Waals surface area contributed by atoms with E-state index < -0.39 is 27.2 Å². The Hall–Kier alpha value is -3.36. The predicted molar refractivity (Wildman–Crippen MR) is 119 cm³/mol. The average molecular weight is 454 g/mol. The van der Waals surface area contributed by atoms with Gasteiger partial charge in [-0.1, -0.05) is 23.8 Å². The van der Waals surface area contributed by atoms with Gasteiger partial charge in [0.15, 0.2) is 0 Å². The zero-order valence-electron chi connectivity index (χ0n) is 17.2. The molecule has 1 N–H and O–H groups in total. The number of rotatable bonds is 6. The Labute approximate surface area is 184 Å². The fourth-order valence-corrected chi connectivity index (χ4v) is 4.86. The molecule has 0 fully saturated rings. The summed E-state index contributed by atoms with van der Waals surface area (Å²) < 4.78 is 54.5. The number of aromatic nitrogens is 1. The smallest absolute Gasteiger partial charge is 0.252 e. The minimum absolute atomic E-state index is 0.0920. The number of halogens is 2. The van der Waals surface area contributed by atoms with E-state index in [4.69, 9.17) is 0 Å². The number of H-pyrrole nitrogens is 1. The summed E-state index contributed by atoms with van der Waals surface area (Å²) in [7, 11) is -4.08. The topological polar surface area (TPSA) is 70.2 Å². The Morgan fingerprint density at radius 3 is 2.12 bits per heavy atom. The molecule has 0 radical (unpaired) electrons. The van der Waals surface area contributed by atoms with Gasteiger partial charge in [-0.15, -0.1) is 0 Å². The summed E-state index contributed by atoms with van der Waals surface area (Å²) in [6.45, 7) is 1.62. The van der Waals surface area contributed by atoms with Crippen molar-refractivity contribution in [3.63, 3.8) is 0 Å². The molecule has 0 bridgehead atoms. The summed E-state index contributed by atoms with van der Waals surface area (Å²) in [6, 6.07) is 17.2. The van der Waals surface area contributed by atoms with Crippen LogP contribution in [0.3, 0.4) is 0 Å². The van der Waals surface area contributed by atoms with E-state index >= 15 is 0 Å². The van der Waals surface area contributed by atoms with Gasteiger partial charge in [0.2, 0.25) is 10.0 Å². The summed E-state index contributed by atoms with van der Waals surface area (Å²) in [6.07, 6.45) is 0. The van der Waals surface area contributed by atoms with Crippen LogP contribution in [0.2, 0.25) is 0 Å². The van der Waals surface area contributed by atoms with Crippen LogP contribution >= 0.6 is 0 Å². The Morgan fingerprint density at radius 1 is 0.844 bits per heavy atom. The Balaban J connectivity index is 1.77. The first-order valence-corrected chi connectivity index (χ1v) is 11.3. The molecule has 0 aliphatic carbocycles. The number of fused-ring (bicyclic) bond motifs is 1. The first-order chi connectivity index (χ1) is 15.2. The lowest BCUT2D eigenvalue weighted by atomic mass is 10.1. The second kappa shape index (κ2) is 8.64. The minimum Gasteiger partial charge on any atom is -0.322 e. The molecule has 3 aromatic carbocycles. The van der Waals surface area contributed by atoms with Gasteiger partial charge in [0.25, 0.3) is 5.56 Å². The number of hydrogen-bond acceptors (Lipinski definition) is 3. The van der Waals surface area contributed by atoms with Crippen LogP contribution in [-0.2, 0) is 23.1 Å². The van der Waals surface area contributed by atoms with Gasteiger partial charge in [-0.2, -0.15) is 4.31 Å². The standard InChI is InChI=1S/C24H20F2N2O3S/c1-16-2-11-23-18(12-16)13-19(24(29)27-23)15-28(14-17-3-5-20(25)6-4-17)32(30,31)22-9-7-21(26)8-10-22/h2-13H,14-15H2,1H3,(H,27,29). The molecule has 0 aliphatic heterocycles. The molecule has 0 saturated carbocycles. The highest BCUT2D eigenvalue weighted by atomic mass is 32.2. The number of nitrogens with one attached hydrogen (secondary N) is 1. The molecule has 1 heterocycles. The highest BCUT2D eigenvalue weighted by molar-refractivity contribution is 7.89. The molecule has 1 aromatic heterocycles. The highest BCUT2D eigenvalue weighted by Gasteiger charge is 2.26. The quantitative estimate of drug-likeness (QED) is 0.466. The maximum atomic E-state index is 13.4. The molecule has 5 nitrogen and oxygen atoms in total. The molecular formula is C24H20F2N2O3S. The van der Waals surface area contributed by atoms with E-state index in [-0.39, 0.29) is 23.5 Å². The number of sulfonamides is 1. The van der Waals surface area contributed by atoms with E-state index in [9.17, 15) is 22.0 Å². The molecule has 4 rings (SSSR count). The molecule has 0 spiro atoms. The summed E-state index contributed by atoms with van der Waals surface area (Å²) >= 11 is 0. The summed E-state index contributed by atoms with van der Waals surface area (Å²) in [4.78, 5) is 15.4. The van der Waals surface area contributed by atoms with Crippen LogP contribution in [0.1, 0.15) is 16.7 Å². The van der Waals surface area contributed by atoms with E-state index in [1.54, 1.807) is 12.1 Å². The van der Waals surface area contributed by atoms with Crippen molar-refractivity contribution in [3.05, 3.63) is 111 Å². The molecule has 0 amide bonds. The van der Waals surface area contributed by atoms with Crippen LogP contribution in [0, 0.1) is 18.6 Å². The van der Waals surface area contributed by atoms with Gasteiger partial charge >= 0.3 is 0 Å². The maximum absolute atomic E-state index is 13.4. The minimum atomic E-state index is -4.08. The van der Waals surface area contributed by atoms with Gasteiger partial charge in [0, 0.05) is 24.2 Å². The van der Waals surface area contributed by atoms with Crippen LogP contribution in [0.25, 0.3) is 10.9 Å². The van der Waals surface area contributed by atoms with E-state index in [0.29, 0.717) is 11.1 Å². The first kappa shape index (κ1) is 21.9. The van der Waals surface area contributed by atoms with Crippen molar-refractivity contribution in [2.24, 2.45) is 0 Å². The van der Waals surface area contributed by atoms with Crippen LogP contribution in [0.15, 0.2) is 82.5 Å². The van der Waals surface area contributed by atoms with Crippen LogP contribution in [-0.4, -0.2) is 17.7 Å². The Morgan fingerprint density at radius 2 is 1.47 bits per heavy atom. The Kier molecular flexibility index (Phi) is 5.90. The summed E-state index contributed by atoms with van der Waals surface area (Å²) in [5.74, 6) is -1.00. The van der Waals surface area contributed by atoms with Gasteiger partial charge < -0.3 is 4.98 Å². The van der Waals surface area contributed by atoms with Crippen molar-refractivity contribution in [3.8, 4) is 0 Å². The lowest BCUT2D eigenvalue weighted by Gasteiger charge is -2.22. The fourth-order valence-electron chi connectivity index (χ4n) is 3.45. The molecule has 164 valence electrons. The Bertz CT molecular complexity index is 1430. The number of pyridine rings is 1. The molecule has 0 aliphatic rings. The molecule has 4 aromatic rings. The van der Waals surface area contributed by atoms with Crippen LogP contribution in [0.5, 0.6) is 0 Å². The van der Waals surface area contributed by atoms with Crippen molar-refractivity contribution in [2.75, 3.05) is 0 Å². The summed E-state index contributed by atoms with van der Waals surface area (Å²) in [5.41, 5.74) is 2.05. The largest absolute Gasteiger partial charge is 0.322 e. The lowest BCUT2D eigenvalue weighted by Crippen LogP contribution is -2.32. The number of aromatic amines is 1. The predicted octanol–water partition coefficient (Wildman–Crippen LogP) is 4.51. The van der Waals surface area contributed by atoms with Gasteiger partial charge in [-0.25, -0.2) is 17.2 Å². The molecule has 32 heavy (non-hydrogen) atoms. The number of aryl methyl sites for hydroxylation is 1. The van der Waals surface area contributed by atoms with Crippen molar-refractivity contribution in [1.29, 1.82) is 0 Å². The highest BCUT2D eigenvalue weighted by Crippen LogP contribution is 2.22. The van der Waals surface area contributed by atoms with Gasteiger partial charge in [0.1, 0.15) is 11.6 Å². The number of benzene rings is 3. The van der Waals surface area contributed by atoms with Gasteiger partial charge in [0.05, 0.1) is 4.90 Å². The first-order valence-electron chi connectivity index (χ1n) is 9.85. The zero-order valence-corrected chi connectivity index (χ0v) is 18.0. The third-order valence-corrected chi connectivity index (χ3v) is 6.95. The van der Waals surface area contributed by atoms with Gasteiger partial charge in [-0.05, 0) is 72.5 Å². The molecule has 8 heteroatoms. The van der Waals surface area contributed by atoms with E-state index in [2.05, 4.69) is 4.98 Å². The second-order valence-electron chi connectivity index (χ2n) is 7.57. The normalized spacial score (nSPS) is 11.9. The van der Waals surface area contributed by atoms with Crippen LogP contribution in [0.4, 0.5) is 8.78 Å². The maximum Gasteiger partial charge on any atom is 0.252 e. The van der Waals surface area contributed by atoms with Crippen molar-refractivity contribution >= 4 is 20.9 Å². The lowest BCUT2D eigenvalue weighted by molar-refractivity contribution is 0.399. The molecule has 0 saturated heterocycles. The monoisotopic (exact) mass is 454 g/mol. The molecule has 0 unspecified atom stereocenters. The molecular weight excluding hydrogens is 434 g/mol. The van der Waals surface area contributed by atoms with E-state index in [1.807, 2.05) is 19.1 Å². The van der Waals surface area contributed by atoms with Crippen molar-refractivity contribution < 1.29 is 17.2 Å². The molecule has 0 atom stereocenters. The van der Waals surface area contributed by atoms with E-state index in [1.165, 1.54) is 36.4 Å². The fraction of sp³-hybridized carbons (Fsp3) is 0.125. The van der Waals surface area contributed by atoms with Gasteiger partial charge in [-0.3, -0.25) is 4.79 Å². The average Bonchev–Trinajstić information content (AvgIpc) is 2.75. The van der Waals surface area contributed by atoms with Crippen molar-refractivity contribution in [1.82, 2.24) is 9.29 Å². The van der Waals surface area contributed by atoms with Crippen LogP contribution < -0.4 is 5.56 Å². The number of hydrogen-bond donors (Lipinski definition) is 1. The van der Waals surface area contributed by atoms with E-state index in [0.717, 1.165) is 27.4 Å². The third kappa shape index (κ3) is 4.61. The second-order valence-corrected chi connectivity index (χ2v) is 9.51. The number of nitrogens with zero attached hydrogens (tertiary/aromatic N) is 1. The summed E-state index contributed by atoms with van der Waals surface area (Å²) in [5, 5.41) is 0.778.